The maximum atomic E-state index is 13.2. The second kappa shape index (κ2) is 8.55. The minimum absolute atomic E-state index is 0.0616. The smallest absolute Gasteiger partial charge is 0.273 e. The van der Waals surface area contributed by atoms with Crippen LogP contribution in [0.4, 0.5) is 11.4 Å². The van der Waals surface area contributed by atoms with Gasteiger partial charge >= 0.3 is 0 Å². The van der Waals surface area contributed by atoms with E-state index in [1.165, 1.54) is 24.3 Å². The first-order chi connectivity index (χ1) is 15.4. The summed E-state index contributed by atoms with van der Waals surface area (Å²) in [6.45, 7) is 0.828. The predicted octanol–water partition coefficient (Wildman–Crippen LogP) is 3.47. The van der Waals surface area contributed by atoms with Crippen LogP contribution in [0.1, 0.15) is 34.1 Å². The number of rotatable bonds is 8. The van der Waals surface area contributed by atoms with Crippen LogP contribution in [-0.4, -0.2) is 51.1 Å². The summed E-state index contributed by atoms with van der Waals surface area (Å²) in [6, 6.07) is 11.4. The lowest BCUT2D eigenvalue weighted by Gasteiger charge is -2.26. The molecule has 4 rings (SSSR count). The molecule has 164 valence electrons. The van der Waals surface area contributed by atoms with Crippen LogP contribution in [0.2, 0.25) is 0 Å². The number of fused-ring (bicyclic) bond motifs is 1. The molecule has 0 spiro atoms. The fourth-order valence-electron chi connectivity index (χ4n) is 3.92. The summed E-state index contributed by atoms with van der Waals surface area (Å²) in [5.41, 5.74) is 2.38. The Balaban J connectivity index is 1.82. The number of aromatic amines is 1. The molecule has 11 nitrogen and oxygen atoms in total. The molecule has 1 aliphatic rings. The number of nitro groups is 2. The van der Waals surface area contributed by atoms with Crippen LogP contribution in [0.5, 0.6) is 0 Å². The number of hydrogen-bond donors (Lipinski definition) is 1. The van der Waals surface area contributed by atoms with E-state index in [1.807, 2.05) is 0 Å². The third kappa shape index (κ3) is 3.69. The van der Waals surface area contributed by atoms with Crippen molar-refractivity contribution < 1.29 is 19.4 Å². The molecule has 1 aromatic heterocycles. The van der Waals surface area contributed by atoms with E-state index in [9.17, 15) is 25.0 Å². The quantitative estimate of drug-likeness (QED) is 0.323. The van der Waals surface area contributed by atoms with E-state index in [4.69, 9.17) is 4.74 Å². The Kier molecular flexibility index (Phi) is 5.65. The van der Waals surface area contributed by atoms with Crippen molar-refractivity contribution in [2.45, 2.75) is 12.5 Å². The molecule has 1 amide bonds. The fraction of sp³-hybridized carbons (Fsp3) is 0.238. The second-order valence-electron chi connectivity index (χ2n) is 7.26. The number of nitro benzene ring substituents is 2. The summed E-state index contributed by atoms with van der Waals surface area (Å²) in [5.74, 6) is -0.270. The van der Waals surface area contributed by atoms with Crippen molar-refractivity contribution in [1.82, 2.24) is 15.1 Å². The predicted molar refractivity (Wildman–Crippen MR) is 113 cm³/mol. The Morgan fingerprint density at radius 1 is 1.09 bits per heavy atom. The standard InChI is InChI=1S/C21H19N5O6/c1-32-11-3-10-24-20(14-4-2-5-16(12-14)26(30)31)17-18(22-23-19(17)21(24)27)13-6-8-15(9-7-13)25(28)29/h2,4-9,12,20H,3,10-11H2,1H3,(H,22,23). The van der Waals surface area contributed by atoms with Crippen molar-refractivity contribution in [2.24, 2.45) is 0 Å². The molecule has 2 heterocycles. The number of amides is 1. The van der Waals surface area contributed by atoms with Gasteiger partial charge in [0.2, 0.25) is 0 Å². The SMILES string of the molecule is COCCCN1C(=O)c2[nH]nc(-c3ccc([N+](=O)[O-])cc3)c2C1c1cccc([N+](=O)[O-])c1. The molecule has 1 aliphatic heterocycles. The number of non-ortho nitro benzene ring substituents is 2. The zero-order valence-corrected chi connectivity index (χ0v) is 17.1. The van der Waals surface area contributed by atoms with Gasteiger partial charge in [0.15, 0.2) is 0 Å². The van der Waals surface area contributed by atoms with Crippen molar-refractivity contribution >= 4 is 17.3 Å². The number of H-pyrrole nitrogens is 1. The Hall–Kier alpha value is -4.12. The van der Waals surface area contributed by atoms with Crippen LogP contribution in [0.25, 0.3) is 11.3 Å². The van der Waals surface area contributed by atoms with Crippen LogP contribution in [0.15, 0.2) is 48.5 Å². The normalized spacial score (nSPS) is 15.1. The van der Waals surface area contributed by atoms with Gasteiger partial charge in [-0.1, -0.05) is 12.1 Å². The summed E-state index contributed by atoms with van der Waals surface area (Å²) >= 11 is 0. The molecule has 2 aromatic carbocycles. The highest BCUT2D eigenvalue weighted by Gasteiger charge is 2.42. The minimum atomic E-state index is -0.599. The third-order valence-corrected chi connectivity index (χ3v) is 5.36. The van der Waals surface area contributed by atoms with E-state index < -0.39 is 15.9 Å². The molecular formula is C21H19N5O6. The molecule has 11 heteroatoms. The first-order valence-electron chi connectivity index (χ1n) is 9.79. The maximum absolute atomic E-state index is 13.2. The van der Waals surface area contributed by atoms with Crippen LogP contribution in [0, 0.1) is 20.2 Å². The number of hydrogen-bond acceptors (Lipinski definition) is 7. The molecule has 1 atom stereocenters. The molecule has 3 aromatic rings. The van der Waals surface area contributed by atoms with Crippen LogP contribution >= 0.6 is 0 Å². The van der Waals surface area contributed by atoms with Crippen molar-refractivity contribution in [1.29, 1.82) is 0 Å². The molecule has 1 unspecified atom stereocenters. The average molecular weight is 437 g/mol. The van der Waals surface area contributed by atoms with Crippen LogP contribution < -0.4 is 0 Å². The van der Waals surface area contributed by atoms with Crippen molar-refractivity contribution in [3.63, 3.8) is 0 Å². The van der Waals surface area contributed by atoms with Gasteiger partial charge in [0.05, 0.1) is 21.6 Å². The van der Waals surface area contributed by atoms with Crippen molar-refractivity contribution in [3.8, 4) is 11.3 Å². The van der Waals surface area contributed by atoms with Crippen molar-refractivity contribution in [3.05, 3.63) is 85.6 Å². The van der Waals surface area contributed by atoms with E-state index in [1.54, 1.807) is 36.3 Å². The zero-order chi connectivity index (χ0) is 22.8. The highest BCUT2D eigenvalue weighted by Crippen LogP contribution is 2.43. The number of carbonyl (C=O) groups excluding carboxylic acids is 1. The van der Waals surface area contributed by atoms with Gasteiger partial charge in [-0.15, -0.1) is 0 Å². The molecule has 0 saturated carbocycles. The molecule has 0 radical (unpaired) electrons. The van der Waals surface area contributed by atoms with E-state index in [0.29, 0.717) is 47.7 Å². The number of benzene rings is 2. The molecule has 1 N–H and O–H groups in total. The average Bonchev–Trinajstić information content (AvgIpc) is 3.33. The molecule has 0 bridgehead atoms. The molecule has 0 aliphatic carbocycles. The number of nitrogens with one attached hydrogen (secondary N) is 1. The first-order valence-corrected chi connectivity index (χ1v) is 9.79. The Labute approximate surface area is 181 Å². The van der Waals surface area contributed by atoms with Gasteiger partial charge in [-0.2, -0.15) is 5.10 Å². The number of ether oxygens (including phenoxy) is 1. The largest absolute Gasteiger partial charge is 0.385 e. The summed E-state index contributed by atoms with van der Waals surface area (Å²) in [7, 11) is 1.57. The molecule has 0 fully saturated rings. The van der Waals surface area contributed by atoms with Gasteiger partial charge in [0.1, 0.15) is 5.69 Å². The molecule has 0 saturated heterocycles. The number of methoxy groups -OCH3 is 1. The van der Waals surface area contributed by atoms with Crippen molar-refractivity contribution in [2.75, 3.05) is 20.3 Å². The Morgan fingerprint density at radius 3 is 2.47 bits per heavy atom. The van der Waals surface area contributed by atoms with Gasteiger partial charge in [-0.05, 0) is 24.1 Å². The van der Waals surface area contributed by atoms with Gasteiger partial charge in [0.25, 0.3) is 17.3 Å². The Bertz CT molecular complexity index is 1190. The van der Waals surface area contributed by atoms with Gasteiger partial charge in [-0.25, -0.2) is 0 Å². The zero-order valence-electron chi connectivity index (χ0n) is 17.1. The van der Waals surface area contributed by atoms with E-state index in [-0.39, 0.29) is 17.3 Å². The highest BCUT2D eigenvalue weighted by atomic mass is 16.6. The van der Waals surface area contributed by atoms with Gasteiger partial charge in [-0.3, -0.25) is 30.1 Å². The number of carbonyl (C=O) groups is 1. The van der Waals surface area contributed by atoms with E-state index in [2.05, 4.69) is 10.2 Å². The lowest BCUT2D eigenvalue weighted by molar-refractivity contribution is -0.385. The molecule has 32 heavy (non-hydrogen) atoms. The van der Waals surface area contributed by atoms with E-state index in [0.717, 1.165) is 0 Å². The van der Waals surface area contributed by atoms with Gasteiger partial charge in [0, 0.05) is 55.7 Å². The lowest BCUT2D eigenvalue weighted by atomic mass is 9.95. The third-order valence-electron chi connectivity index (χ3n) is 5.36. The topological polar surface area (TPSA) is 144 Å². The monoisotopic (exact) mass is 437 g/mol. The lowest BCUT2D eigenvalue weighted by Crippen LogP contribution is -2.31. The van der Waals surface area contributed by atoms with Crippen LogP contribution in [-0.2, 0) is 4.74 Å². The van der Waals surface area contributed by atoms with Crippen LogP contribution in [0.3, 0.4) is 0 Å². The maximum Gasteiger partial charge on any atom is 0.273 e. The summed E-state index contributed by atoms with van der Waals surface area (Å²) in [5, 5.41) is 29.4. The summed E-state index contributed by atoms with van der Waals surface area (Å²) < 4.78 is 5.11. The van der Waals surface area contributed by atoms with Gasteiger partial charge < -0.3 is 9.64 Å². The minimum Gasteiger partial charge on any atom is -0.385 e. The summed E-state index contributed by atoms with van der Waals surface area (Å²) in [6.07, 6.45) is 0.582. The molecular weight excluding hydrogens is 418 g/mol. The highest BCUT2D eigenvalue weighted by molar-refractivity contribution is 6.00. The number of nitrogens with zero attached hydrogens (tertiary/aromatic N) is 4. The summed E-state index contributed by atoms with van der Waals surface area (Å²) in [4.78, 5) is 36.1. The van der Waals surface area contributed by atoms with E-state index >= 15 is 0 Å². The number of aromatic nitrogens is 2. The Morgan fingerprint density at radius 2 is 1.81 bits per heavy atom. The second-order valence-corrected chi connectivity index (χ2v) is 7.26. The first kappa shape index (κ1) is 21.1. The fourth-order valence-corrected chi connectivity index (χ4v) is 3.92.